The number of carbonyl (C=O) groups excluding carboxylic acids is 1. The molecule has 2 N–H and O–H groups in total. The van der Waals surface area contributed by atoms with Crippen LogP contribution in [-0.4, -0.2) is 30.9 Å². The zero-order chi connectivity index (χ0) is 25.2. The molecule has 2 amide bonds. The number of aromatic nitrogens is 1. The summed E-state index contributed by atoms with van der Waals surface area (Å²) in [4.78, 5) is 16.4. The Balaban J connectivity index is 1.60. The molecule has 184 valence electrons. The number of ether oxygens (including phenoxy) is 3. The third-order valence-corrected chi connectivity index (χ3v) is 5.28. The second kappa shape index (κ2) is 9.37. The maximum Gasteiger partial charge on any atom is 0.421 e. The molecule has 1 aliphatic heterocycles. The number of pyridine rings is 1. The lowest BCUT2D eigenvalue weighted by atomic mass is 9.85. The summed E-state index contributed by atoms with van der Waals surface area (Å²) in [5.74, 6) is -1.97. The van der Waals surface area contributed by atoms with Gasteiger partial charge in [0.25, 0.3) is 0 Å². The molecule has 0 saturated carbocycles. The van der Waals surface area contributed by atoms with Crippen molar-refractivity contribution >= 4 is 17.4 Å². The summed E-state index contributed by atoms with van der Waals surface area (Å²) in [6.07, 6.45) is -3.97. The van der Waals surface area contributed by atoms with E-state index in [0.29, 0.717) is 11.8 Å². The van der Waals surface area contributed by atoms with Gasteiger partial charge in [-0.3, -0.25) is 0 Å². The van der Waals surface area contributed by atoms with Crippen molar-refractivity contribution in [3.8, 4) is 17.4 Å². The van der Waals surface area contributed by atoms with Crippen LogP contribution in [0.1, 0.15) is 12.0 Å². The zero-order valence-electron chi connectivity index (χ0n) is 18.1. The minimum atomic E-state index is -4.83. The van der Waals surface area contributed by atoms with Crippen LogP contribution in [0.3, 0.4) is 0 Å². The third kappa shape index (κ3) is 4.83. The Bertz CT molecular complexity index is 1250. The number of benzene rings is 2. The van der Waals surface area contributed by atoms with Gasteiger partial charge in [-0.05, 0) is 42.5 Å². The Morgan fingerprint density at radius 1 is 1.09 bits per heavy atom. The molecule has 7 nitrogen and oxygen atoms in total. The molecule has 12 heteroatoms. The lowest BCUT2D eigenvalue weighted by molar-refractivity contribution is -0.333. The van der Waals surface area contributed by atoms with Gasteiger partial charge < -0.3 is 24.8 Å². The first kappa shape index (κ1) is 24.2. The number of carbonyl (C=O) groups is 1. The molecule has 1 aromatic heterocycles. The first-order chi connectivity index (χ1) is 16.6. The van der Waals surface area contributed by atoms with Crippen LogP contribution < -0.4 is 20.1 Å². The Morgan fingerprint density at radius 2 is 1.83 bits per heavy atom. The summed E-state index contributed by atoms with van der Waals surface area (Å²) < 4.78 is 84.8. The van der Waals surface area contributed by atoms with Gasteiger partial charge in [0.1, 0.15) is 28.8 Å². The number of hydrogen-bond donors (Lipinski definition) is 2. The first-order valence-electron chi connectivity index (χ1n) is 10.2. The van der Waals surface area contributed by atoms with Gasteiger partial charge in [-0.15, -0.1) is 0 Å². The van der Waals surface area contributed by atoms with Gasteiger partial charge in [-0.1, -0.05) is 0 Å². The molecule has 0 aliphatic carbocycles. The van der Waals surface area contributed by atoms with Gasteiger partial charge >= 0.3 is 12.2 Å². The summed E-state index contributed by atoms with van der Waals surface area (Å²) in [6.45, 7) is -0.160. The maximum absolute atomic E-state index is 14.0. The van der Waals surface area contributed by atoms with E-state index in [4.69, 9.17) is 14.2 Å². The van der Waals surface area contributed by atoms with E-state index in [1.807, 2.05) is 0 Å². The highest BCUT2D eigenvalue weighted by atomic mass is 19.4. The zero-order valence-corrected chi connectivity index (χ0v) is 18.1. The number of hydrogen-bond acceptors (Lipinski definition) is 5. The molecule has 3 aromatic rings. The van der Waals surface area contributed by atoms with Crippen molar-refractivity contribution in [3.63, 3.8) is 0 Å². The molecule has 2 aromatic carbocycles. The average molecular weight is 495 g/mol. The standard InChI is InChI=1S/C23H18F5N3O4/c1-33-14-5-6-16(25)18(12-14)31-21(32)30-17-3-2-9-29-20(17)35-19-7-4-13(24)11-15(19)22(8-10-34-22)23(26,27)28/h2-7,9,11-12H,8,10H2,1H3,(H2,30,31,32). The Hall–Kier alpha value is -3.93. The number of nitrogens with one attached hydrogen (secondary N) is 2. The molecule has 2 heterocycles. The summed E-state index contributed by atoms with van der Waals surface area (Å²) in [7, 11) is 1.37. The second-order valence-electron chi connectivity index (χ2n) is 7.45. The molecular formula is C23H18F5N3O4. The van der Waals surface area contributed by atoms with Crippen LogP contribution in [0.4, 0.5) is 38.1 Å². The molecule has 4 rings (SSSR count). The SMILES string of the molecule is COc1ccc(F)c(NC(=O)Nc2cccnc2Oc2ccc(F)cc2C2(C(F)(F)F)CCO2)c1. The van der Waals surface area contributed by atoms with E-state index >= 15 is 0 Å². The third-order valence-electron chi connectivity index (χ3n) is 5.28. The van der Waals surface area contributed by atoms with Crippen LogP contribution in [0, 0.1) is 11.6 Å². The number of anilines is 2. The summed E-state index contributed by atoms with van der Waals surface area (Å²) in [5.41, 5.74) is -3.51. The highest BCUT2D eigenvalue weighted by Crippen LogP contribution is 2.53. The first-order valence-corrected chi connectivity index (χ1v) is 10.2. The Morgan fingerprint density at radius 3 is 2.49 bits per heavy atom. The lowest BCUT2D eigenvalue weighted by Gasteiger charge is -2.43. The Labute approximate surface area is 195 Å². The van der Waals surface area contributed by atoms with Gasteiger partial charge in [0.2, 0.25) is 5.88 Å². The van der Waals surface area contributed by atoms with Crippen LogP contribution in [0.25, 0.3) is 0 Å². The second-order valence-corrected chi connectivity index (χ2v) is 7.45. The molecule has 0 spiro atoms. The van der Waals surface area contributed by atoms with Gasteiger partial charge in [0.15, 0.2) is 5.60 Å². The van der Waals surface area contributed by atoms with Crippen molar-refractivity contribution in [3.05, 3.63) is 71.9 Å². The molecule has 1 fully saturated rings. The quantitative estimate of drug-likeness (QED) is 0.411. The van der Waals surface area contributed by atoms with E-state index in [0.717, 1.165) is 18.2 Å². The molecule has 1 saturated heterocycles. The van der Waals surface area contributed by atoms with Crippen LogP contribution in [0.15, 0.2) is 54.7 Å². The van der Waals surface area contributed by atoms with E-state index in [1.54, 1.807) is 0 Å². The summed E-state index contributed by atoms with van der Waals surface area (Å²) in [5, 5.41) is 4.70. The number of amides is 2. The number of alkyl halides is 3. The molecule has 0 radical (unpaired) electrons. The minimum absolute atomic E-state index is 0.0424. The number of halogens is 5. The van der Waals surface area contributed by atoms with Crippen molar-refractivity contribution in [2.24, 2.45) is 0 Å². The number of methoxy groups -OCH3 is 1. The van der Waals surface area contributed by atoms with E-state index in [9.17, 15) is 26.7 Å². The lowest BCUT2D eigenvalue weighted by Crippen LogP contribution is -2.52. The van der Waals surface area contributed by atoms with Crippen LogP contribution >= 0.6 is 0 Å². The molecular weight excluding hydrogens is 477 g/mol. The molecule has 1 atom stereocenters. The minimum Gasteiger partial charge on any atom is -0.497 e. The highest BCUT2D eigenvalue weighted by Gasteiger charge is 2.62. The van der Waals surface area contributed by atoms with Crippen molar-refractivity contribution in [1.82, 2.24) is 4.98 Å². The van der Waals surface area contributed by atoms with Gasteiger partial charge in [0.05, 0.1) is 19.4 Å². The Kier molecular flexibility index (Phi) is 6.48. The molecule has 0 bridgehead atoms. The van der Waals surface area contributed by atoms with E-state index in [1.165, 1.54) is 37.6 Å². The van der Waals surface area contributed by atoms with Gasteiger partial charge in [-0.25, -0.2) is 18.6 Å². The summed E-state index contributed by atoms with van der Waals surface area (Å²) in [6, 6.07) is 8.28. The normalized spacial score (nSPS) is 17.3. The fraction of sp³-hybridized carbons (Fsp3) is 0.217. The van der Waals surface area contributed by atoms with Crippen LogP contribution in [0.2, 0.25) is 0 Å². The van der Waals surface area contributed by atoms with Crippen LogP contribution in [-0.2, 0) is 10.3 Å². The monoisotopic (exact) mass is 495 g/mol. The number of rotatable bonds is 6. The largest absolute Gasteiger partial charge is 0.497 e. The van der Waals surface area contributed by atoms with Crippen molar-refractivity contribution in [2.45, 2.75) is 18.2 Å². The summed E-state index contributed by atoms with van der Waals surface area (Å²) >= 11 is 0. The van der Waals surface area contributed by atoms with E-state index in [2.05, 4.69) is 15.6 Å². The predicted octanol–water partition coefficient (Wildman–Crippen LogP) is 5.98. The van der Waals surface area contributed by atoms with E-state index in [-0.39, 0.29) is 29.6 Å². The van der Waals surface area contributed by atoms with Gasteiger partial charge in [0, 0.05) is 24.2 Å². The predicted molar refractivity (Wildman–Crippen MR) is 115 cm³/mol. The van der Waals surface area contributed by atoms with Crippen molar-refractivity contribution in [2.75, 3.05) is 24.4 Å². The van der Waals surface area contributed by atoms with Gasteiger partial charge in [-0.2, -0.15) is 13.2 Å². The maximum atomic E-state index is 14.0. The van der Waals surface area contributed by atoms with Crippen molar-refractivity contribution < 1.29 is 41.0 Å². The fourth-order valence-electron chi connectivity index (χ4n) is 3.48. The molecule has 35 heavy (non-hydrogen) atoms. The van der Waals surface area contributed by atoms with Crippen molar-refractivity contribution in [1.29, 1.82) is 0 Å². The molecule has 1 unspecified atom stereocenters. The fourth-order valence-corrected chi connectivity index (χ4v) is 3.48. The molecule has 1 aliphatic rings. The number of nitrogens with zero attached hydrogens (tertiary/aromatic N) is 1. The topological polar surface area (TPSA) is 81.7 Å². The average Bonchev–Trinajstić information content (AvgIpc) is 2.76. The van der Waals surface area contributed by atoms with Crippen LogP contribution in [0.5, 0.6) is 17.4 Å². The smallest absolute Gasteiger partial charge is 0.421 e. The van der Waals surface area contributed by atoms with E-state index < -0.39 is 41.4 Å². The number of urea groups is 1. The highest BCUT2D eigenvalue weighted by molar-refractivity contribution is 6.00.